The maximum absolute atomic E-state index is 12.1. The standard InChI is InChI=1S/C18H27F3N4O.HI/c19-18(20,21)26-16-8-6-15(7-9-16)14-24-17(22)23-10-5-13-25-11-3-1-2-4-12-25;/h6-9H,1-5,10-14H2,(H3,22,23,24);1H. The summed E-state index contributed by atoms with van der Waals surface area (Å²) < 4.78 is 40.2. The molecule has 1 aromatic rings. The number of nitrogens with one attached hydrogen (secondary N) is 1. The van der Waals surface area contributed by atoms with Crippen molar-refractivity contribution in [2.45, 2.75) is 45.0 Å². The third-order valence-corrected chi connectivity index (χ3v) is 4.24. The van der Waals surface area contributed by atoms with Crippen molar-refractivity contribution in [3.63, 3.8) is 0 Å². The summed E-state index contributed by atoms with van der Waals surface area (Å²) in [4.78, 5) is 6.70. The van der Waals surface area contributed by atoms with E-state index in [1.807, 2.05) is 0 Å². The van der Waals surface area contributed by atoms with Crippen molar-refractivity contribution in [3.8, 4) is 5.75 Å². The lowest BCUT2D eigenvalue weighted by atomic mass is 10.2. The van der Waals surface area contributed by atoms with Gasteiger partial charge in [-0.25, -0.2) is 4.99 Å². The Morgan fingerprint density at radius 2 is 1.74 bits per heavy atom. The van der Waals surface area contributed by atoms with E-state index in [9.17, 15) is 13.2 Å². The highest BCUT2D eigenvalue weighted by atomic mass is 127. The summed E-state index contributed by atoms with van der Waals surface area (Å²) in [5.74, 6) is 0.0984. The van der Waals surface area contributed by atoms with Crippen LogP contribution in [0.2, 0.25) is 0 Å². The Bertz CT molecular complexity index is 559. The summed E-state index contributed by atoms with van der Waals surface area (Å²) in [7, 11) is 0. The molecular weight excluding hydrogens is 472 g/mol. The largest absolute Gasteiger partial charge is 0.573 e. The van der Waals surface area contributed by atoms with Crippen LogP contribution in [0.25, 0.3) is 0 Å². The van der Waals surface area contributed by atoms with Gasteiger partial charge in [0.05, 0.1) is 6.54 Å². The van der Waals surface area contributed by atoms with E-state index in [0.29, 0.717) is 12.5 Å². The second-order valence-corrected chi connectivity index (χ2v) is 6.43. The van der Waals surface area contributed by atoms with Crippen LogP contribution in [-0.2, 0) is 6.54 Å². The van der Waals surface area contributed by atoms with E-state index >= 15 is 0 Å². The van der Waals surface area contributed by atoms with E-state index < -0.39 is 6.36 Å². The molecule has 0 unspecified atom stereocenters. The minimum atomic E-state index is -4.68. The van der Waals surface area contributed by atoms with Gasteiger partial charge < -0.3 is 20.7 Å². The quantitative estimate of drug-likeness (QED) is 0.258. The SMILES string of the molecule is I.NC(=NCc1ccc(OC(F)(F)F)cc1)NCCCN1CCCCCC1. The van der Waals surface area contributed by atoms with Gasteiger partial charge in [0.15, 0.2) is 5.96 Å². The Labute approximate surface area is 175 Å². The number of benzene rings is 1. The highest BCUT2D eigenvalue weighted by Crippen LogP contribution is 2.22. The van der Waals surface area contributed by atoms with Gasteiger partial charge in [0.25, 0.3) is 0 Å². The number of nitrogens with two attached hydrogens (primary N) is 1. The molecule has 154 valence electrons. The van der Waals surface area contributed by atoms with Gasteiger partial charge in [0.1, 0.15) is 5.75 Å². The second kappa shape index (κ2) is 12.3. The molecular formula is C18H28F3IN4O. The number of likely N-dealkylation sites (tertiary alicyclic amines) is 1. The topological polar surface area (TPSA) is 62.9 Å². The number of nitrogens with zero attached hydrogens (tertiary/aromatic N) is 2. The predicted molar refractivity (Wildman–Crippen MR) is 111 cm³/mol. The molecule has 1 aromatic carbocycles. The van der Waals surface area contributed by atoms with E-state index in [1.165, 1.54) is 63.0 Å². The summed E-state index contributed by atoms with van der Waals surface area (Å²) in [6.07, 6.45) is 1.55. The van der Waals surface area contributed by atoms with Crippen molar-refractivity contribution in [3.05, 3.63) is 29.8 Å². The van der Waals surface area contributed by atoms with Crippen molar-refractivity contribution in [2.24, 2.45) is 10.7 Å². The van der Waals surface area contributed by atoms with Gasteiger partial charge >= 0.3 is 6.36 Å². The smallest absolute Gasteiger partial charge is 0.406 e. The number of halogens is 4. The van der Waals surface area contributed by atoms with Crippen LogP contribution >= 0.6 is 24.0 Å². The number of aliphatic imine (C=N–C) groups is 1. The minimum Gasteiger partial charge on any atom is -0.406 e. The molecule has 1 aliphatic rings. The van der Waals surface area contributed by atoms with Gasteiger partial charge in [0.2, 0.25) is 0 Å². The second-order valence-electron chi connectivity index (χ2n) is 6.43. The number of guanidine groups is 1. The van der Waals surface area contributed by atoms with Gasteiger partial charge in [-0.15, -0.1) is 37.1 Å². The fourth-order valence-electron chi connectivity index (χ4n) is 2.91. The van der Waals surface area contributed by atoms with E-state index in [0.717, 1.165) is 25.1 Å². The summed E-state index contributed by atoms with van der Waals surface area (Å²) in [6, 6.07) is 5.61. The lowest BCUT2D eigenvalue weighted by Crippen LogP contribution is -2.34. The van der Waals surface area contributed by atoms with Crippen LogP contribution in [0.4, 0.5) is 13.2 Å². The van der Waals surface area contributed by atoms with Crippen LogP contribution in [0.5, 0.6) is 5.75 Å². The third kappa shape index (κ3) is 10.6. The van der Waals surface area contributed by atoms with E-state index in [4.69, 9.17) is 5.73 Å². The maximum atomic E-state index is 12.1. The Balaban J connectivity index is 0.00000364. The van der Waals surface area contributed by atoms with Crippen LogP contribution < -0.4 is 15.8 Å². The molecule has 0 aliphatic carbocycles. The molecule has 0 bridgehead atoms. The van der Waals surface area contributed by atoms with Crippen molar-refractivity contribution >= 4 is 29.9 Å². The van der Waals surface area contributed by atoms with Crippen LogP contribution in [-0.4, -0.2) is 43.4 Å². The highest BCUT2D eigenvalue weighted by Gasteiger charge is 2.30. The molecule has 0 aromatic heterocycles. The third-order valence-electron chi connectivity index (χ3n) is 4.24. The summed E-state index contributed by atoms with van der Waals surface area (Å²) in [5.41, 5.74) is 6.59. The lowest BCUT2D eigenvalue weighted by molar-refractivity contribution is -0.274. The lowest BCUT2D eigenvalue weighted by Gasteiger charge is -2.19. The summed E-state index contributed by atoms with van der Waals surface area (Å²) >= 11 is 0. The van der Waals surface area contributed by atoms with Crippen molar-refractivity contribution < 1.29 is 17.9 Å². The molecule has 1 heterocycles. The molecule has 5 nitrogen and oxygen atoms in total. The van der Waals surface area contributed by atoms with Crippen LogP contribution in [0, 0.1) is 0 Å². The zero-order valence-electron chi connectivity index (χ0n) is 15.3. The molecule has 0 saturated carbocycles. The normalized spacial score (nSPS) is 16.3. The molecule has 9 heteroatoms. The van der Waals surface area contributed by atoms with Crippen molar-refractivity contribution in [1.82, 2.24) is 10.2 Å². The van der Waals surface area contributed by atoms with Crippen molar-refractivity contribution in [1.29, 1.82) is 0 Å². The maximum Gasteiger partial charge on any atom is 0.573 e. The van der Waals surface area contributed by atoms with Crippen LogP contribution in [0.1, 0.15) is 37.7 Å². The monoisotopic (exact) mass is 500 g/mol. The molecule has 0 atom stereocenters. The van der Waals surface area contributed by atoms with Crippen LogP contribution in [0.15, 0.2) is 29.3 Å². The van der Waals surface area contributed by atoms with Gasteiger partial charge in [-0.05, 0) is 56.6 Å². The first kappa shape index (κ1) is 23.8. The first-order valence-corrected chi connectivity index (χ1v) is 9.03. The summed E-state index contributed by atoms with van der Waals surface area (Å²) in [6.45, 7) is 4.47. The molecule has 3 N–H and O–H groups in total. The van der Waals surface area contributed by atoms with E-state index in [1.54, 1.807) is 0 Å². The van der Waals surface area contributed by atoms with Gasteiger partial charge in [-0.3, -0.25) is 0 Å². The highest BCUT2D eigenvalue weighted by molar-refractivity contribution is 14.0. The van der Waals surface area contributed by atoms with Crippen molar-refractivity contribution in [2.75, 3.05) is 26.2 Å². The first-order valence-electron chi connectivity index (χ1n) is 9.03. The van der Waals surface area contributed by atoms with E-state index in [-0.39, 0.29) is 29.7 Å². The number of hydrogen-bond donors (Lipinski definition) is 2. The average Bonchev–Trinajstić information content (AvgIpc) is 2.85. The zero-order chi connectivity index (χ0) is 18.8. The fourth-order valence-corrected chi connectivity index (χ4v) is 2.91. The molecule has 1 saturated heterocycles. The first-order chi connectivity index (χ1) is 12.4. The van der Waals surface area contributed by atoms with Gasteiger partial charge in [-0.2, -0.15) is 0 Å². The Kier molecular flexibility index (Phi) is 10.8. The number of rotatable bonds is 7. The minimum absolute atomic E-state index is 0. The molecule has 0 amide bonds. The van der Waals surface area contributed by atoms with E-state index in [2.05, 4.69) is 19.9 Å². The number of ether oxygens (including phenoxy) is 1. The van der Waals surface area contributed by atoms with Gasteiger partial charge in [-0.1, -0.05) is 25.0 Å². The Hall–Kier alpha value is -1.23. The molecule has 0 spiro atoms. The van der Waals surface area contributed by atoms with Crippen LogP contribution in [0.3, 0.4) is 0 Å². The predicted octanol–water partition coefficient (Wildman–Crippen LogP) is 3.87. The number of hydrogen-bond acceptors (Lipinski definition) is 3. The molecule has 1 aliphatic heterocycles. The molecule has 27 heavy (non-hydrogen) atoms. The molecule has 0 radical (unpaired) electrons. The number of alkyl halides is 3. The fraction of sp³-hybridized carbons (Fsp3) is 0.611. The Morgan fingerprint density at radius 3 is 2.33 bits per heavy atom. The zero-order valence-corrected chi connectivity index (χ0v) is 17.6. The molecule has 1 fully saturated rings. The average molecular weight is 500 g/mol. The summed E-state index contributed by atoms with van der Waals surface area (Å²) in [5, 5.41) is 3.08. The molecule has 2 rings (SSSR count). The van der Waals surface area contributed by atoms with Gasteiger partial charge in [0, 0.05) is 6.54 Å². The Morgan fingerprint density at radius 1 is 1.11 bits per heavy atom.